The van der Waals surface area contributed by atoms with Crippen molar-refractivity contribution in [3.63, 3.8) is 0 Å². The molecular formula is C39H53N5O9. The minimum Gasteiger partial charge on any atom is -0.460 e. The van der Waals surface area contributed by atoms with Gasteiger partial charge >= 0.3 is 18.2 Å². The Morgan fingerprint density at radius 3 is 2.11 bits per heavy atom. The fraction of sp³-hybridized carbons (Fsp3) is 0.538. The van der Waals surface area contributed by atoms with Crippen molar-refractivity contribution in [3.05, 3.63) is 66.2 Å². The minimum atomic E-state index is -1.04. The number of esters is 1. The summed E-state index contributed by atoms with van der Waals surface area (Å²) in [6.07, 6.45) is -2.20. The number of hydrogen-bond donors (Lipinski definition) is 2. The first-order valence-corrected chi connectivity index (χ1v) is 17.9. The lowest BCUT2D eigenvalue weighted by Crippen LogP contribution is -2.60. The van der Waals surface area contributed by atoms with E-state index in [1.165, 1.54) is 11.9 Å². The fourth-order valence-corrected chi connectivity index (χ4v) is 6.46. The normalized spacial score (nSPS) is 19.4. The quantitative estimate of drug-likeness (QED) is 0.246. The molecule has 2 aliphatic heterocycles. The lowest BCUT2D eigenvalue weighted by molar-refractivity contribution is -0.156. The summed E-state index contributed by atoms with van der Waals surface area (Å²) in [6.45, 7) is 12.5. The lowest BCUT2D eigenvalue weighted by Gasteiger charge is -2.37. The van der Waals surface area contributed by atoms with E-state index in [-0.39, 0.29) is 38.4 Å². The Kier molecular flexibility index (Phi) is 13.1. The molecule has 0 saturated carbocycles. The predicted molar refractivity (Wildman–Crippen MR) is 196 cm³/mol. The summed E-state index contributed by atoms with van der Waals surface area (Å²) in [5, 5.41) is 5.56. The molecule has 0 spiro atoms. The van der Waals surface area contributed by atoms with Crippen molar-refractivity contribution in [3.8, 4) is 0 Å². The van der Waals surface area contributed by atoms with Gasteiger partial charge in [-0.2, -0.15) is 0 Å². The van der Waals surface area contributed by atoms with Crippen molar-refractivity contribution in [2.24, 2.45) is 5.41 Å². The maximum absolute atomic E-state index is 14.5. The third kappa shape index (κ3) is 10.9. The van der Waals surface area contributed by atoms with Crippen LogP contribution in [0.3, 0.4) is 0 Å². The number of likely N-dealkylation sites (tertiary alicyclic amines) is 2. The highest BCUT2D eigenvalue weighted by atomic mass is 16.6. The minimum absolute atomic E-state index is 0.00788. The molecule has 0 aromatic heterocycles. The number of ether oxygens (including phenoxy) is 3. The SMILES string of the molecule is C[C@@H](C(=O)N[C@H](C(=O)N1CC[C@@H]2[C@H]1[C@@H](OC(=O)Nc1ccccc1)CN2C(=O)CCC(=O)OC(C)(C)C)C(C)(C)C)N(C)C(=O)OCc1ccccc1. The number of para-hydroxylation sites is 1. The van der Waals surface area contributed by atoms with Gasteiger partial charge in [0.2, 0.25) is 17.7 Å². The van der Waals surface area contributed by atoms with E-state index in [9.17, 15) is 28.8 Å². The van der Waals surface area contributed by atoms with E-state index in [4.69, 9.17) is 14.2 Å². The Hall–Kier alpha value is -5.14. The van der Waals surface area contributed by atoms with Gasteiger partial charge in [0.1, 0.15) is 30.4 Å². The van der Waals surface area contributed by atoms with Crippen LogP contribution < -0.4 is 10.6 Å². The van der Waals surface area contributed by atoms with Gasteiger partial charge in [0.15, 0.2) is 0 Å². The zero-order valence-electron chi connectivity index (χ0n) is 31.9. The fourth-order valence-electron chi connectivity index (χ4n) is 6.46. The molecule has 0 unspecified atom stereocenters. The molecule has 288 valence electrons. The highest BCUT2D eigenvalue weighted by Crippen LogP contribution is 2.36. The van der Waals surface area contributed by atoms with E-state index in [0.717, 1.165) is 5.56 Å². The zero-order valence-corrected chi connectivity index (χ0v) is 31.9. The average molecular weight is 736 g/mol. The number of nitrogens with one attached hydrogen (secondary N) is 2. The van der Waals surface area contributed by atoms with Gasteiger partial charge in [0.25, 0.3) is 0 Å². The Balaban J connectivity index is 1.50. The van der Waals surface area contributed by atoms with Crippen LogP contribution in [-0.2, 0) is 40.0 Å². The number of likely N-dealkylation sites (N-methyl/N-ethyl adjacent to an activating group) is 1. The maximum Gasteiger partial charge on any atom is 0.412 e. The Morgan fingerprint density at radius 2 is 1.51 bits per heavy atom. The van der Waals surface area contributed by atoms with E-state index in [2.05, 4.69) is 10.6 Å². The molecule has 2 heterocycles. The van der Waals surface area contributed by atoms with Gasteiger partial charge in [-0.1, -0.05) is 69.3 Å². The second-order valence-electron chi connectivity index (χ2n) is 15.6. The van der Waals surface area contributed by atoms with Crippen LogP contribution in [0.4, 0.5) is 15.3 Å². The molecule has 4 rings (SSSR count). The largest absolute Gasteiger partial charge is 0.460 e. The van der Waals surface area contributed by atoms with Crippen molar-refractivity contribution < 1.29 is 43.0 Å². The molecule has 0 bridgehead atoms. The molecule has 0 aliphatic carbocycles. The molecular weight excluding hydrogens is 682 g/mol. The van der Waals surface area contributed by atoms with E-state index < -0.39 is 71.3 Å². The molecule has 2 aliphatic rings. The summed E-state index contributed by atoms with van der Waals surface area (Å²) < 4.78 is 16.7. The molecule has 14 nitrogen and oxygen atoms in total. The number of carbonyl (C=O) groups excluding carboxylic acids is 6. The van der Waals surface area contributed by atoms with E-state index >= 15 is 0 Å². The first-order chi connectivity index (χ1) is 24.9. The van der Waals surface area contributed by atoms with Crippen LogP contribution in [0, 0.1) is 5.41 Å². The first kappa shape index (κ1) is 40.6. The van der Waals surface area contributed by atoms with Crippen LogP contribution in [0.25, 0.3) is 0 Å². The van der Waals surface area contributed by atoms with Gasteiger partial charge in [-0.05, 0) is 57.2 Å². The van der Waals surface area contributed by atoms with Crippen LogP contribution in [-0.4, -0.2) is 107 Å². The van der Waals surface area contributed by atoms with Crippen molar-refractivity contribution in [1.82, 2.24) is 20.0 Å². The Labute approximate surface area is 311 Å². The molecule has 5 amide bonds. The number of hydrogen-bond acceptors (Lipinski definition) is 9. The zero-order chi connectivity index (χ0) is 39.1. The lowest BCUT2D eigenvalue weighted by atomic mass is 9.85. The van der Waals surface area contributed by atoms with Crippen molar-refractivity contribution in [2.75, 3.05) is 25.5 Å². The van der Waals surface area contributed by atoms with Crippen LogP contribution in [0.2, 0.25) is 0 Å². The number of nitrogens with zero attached hydrogens (tertiary/aromatic N) is 3. The summed E-state index contributed by atoms with van der Waals surface area (Å²) in [7, 11) is 1.45. The number of fused-ring (bicyclic) bond motifs is 1. The average Bonchev–Trinajstić information content (AvgIpc) is 3.68. The van der Waals surface area contributed by atoms with E-state index in [1.807, 2.05) is 57.2 Å². The summed E-state index contributed by atoms with van der Waals surface area (Å²) in [5.41, 5.74) is -0.174. The van der Waals surface area contributed by atoms with Gasteiger partial charge < -0.3 is 29.3 Å². The highest BCUT2D eigenvalue weighted by molar-refractivity contribution is 5.92. The Morgan fingerprint density at radius 1 is 0.887 bits per heavy atom. The smallest absolute Gasteiger partial charge is 0.412 e. The Bertz CT molecular complexity index is 1620. The third-order valence-corrected chi connectivity index (χ3v) is 9.28. The topological polar surface area (TPSA) is 164 Å². The third-order valence-electron chi connectivity index (χ3n) is 9.28. The summed E-state index contributed by atoms with van der Waals surface area (Å²) in [4.78, 5) is 84.4. The molecule has 2 aromatic rings. The van der Waals surface area contributed by atoms with E-state index in [0.29, 0.717) is 12.1 Å². The maximum atomic E-state index is 14.5. The second kappa shape index (κ2) is 17.1. The summed E-state index contributed by atoms with van der Waals surface area (Å²) >= 11 is 0. The van der Waals surface area contributed by atoms with Crippen LogP contribution >= 0.6 is 0 Å². The number of amides is 5. The number of carbonyl (C=O) groups is 6. The van der Waals surface area contributed by atoms with Crippen LogP contribution in [0.5, 0.6) is 0 Å². The van der Waals surface area contributed by atoms with Gasteiger partial charge in [-0.15, -0.1) is 0 Å². The van der Waals surface area contributed by atoms with Gasteiger partial charge in [-0.25, -0.2) is 9.59 Å². The van der Waals surface area contributed by atoms with E-state index in [1.54, 1.807) is 61.8 Å². The monoisotopic (exact) mass is 735 g/mol. The highest BCUT2D eigenvalue weighted by Gasteiger charge is 2.55. The first-order valence-electron chi connectivity index (χ1n) is 17.9. The van der Waals surface area contributed by atoms with Gasteiger partial charge in [-0.3, -0.25) is 29.4 Å². The number of benzene rings is 2. The molecule has 0 radical (unpaired) electrons. The van der Waals surface area contributed by atoms with Gasteiger partial charge in [0, 0.05) is 25.7 Å². The van der Waals surface area contributed by atoms with Crippen LogP contribution in [0.1, 0.15) is 73.3 Å². The molecule has 14 heteroatoms. The second-order valence-corrected chi connectivity index (χ2v) is 15.6. The predicted octanol–water partition coefficient (Wildman–Crippen LogP) is 4.73. The summed E-state index contributed by atoms with van der Waals surface area (Å²) in [6, 6.07) is 14.6. The molecule has 2 fully saturated rings. The van der Waals surface area contributed by atoms with Crippen molar-refractivity contribution in [2.45, 2.75) is 110 Å². The van der Waals surface area contributed by atoms with Gasteiger partial charge in [0.05, 0.1) is 25.0 Å². The van der Waals surface area contributed by atoms with Crippen LogP contribution in [0.15, 0.2) is 60.7 Å². The number of anilines is 1. The standard InChI is InChI=1S/C39H53N5O9/c1-25(42(8)37(50)51-24-26-15-11-9-12-16-26)34(47)41-33(38(2,3)4)35(48)43-22-21-28-32(43)29(52-36(49)40-27-17-13-10-14-18-27)23-44(28)30(45)19-20-31(46)53-39(5,6)7/h9-18,25,28-29,32-33H,19-24H2,1-8H3,(H,40,49)(H,41,47)/t25-,28+,29-,32-,33+/m0/s1. The molecule has 2 aromatic carbocycles. The molecule has 53 heavy (non-hydrogen) atoms. The molecule has 5 atom stereocenters. The molecule has 2 saturated heterocycles. The van der Waals surface area contributed by atoms with Crippen molar-refractivity contribution in [1.29, 1.82) is 0 Å². The summed E-state index contributed by atoms with van der Waals surface area (Å²) in [5.74, 6) is -1.81. The number of rotatable bonds is 11. The molecule has 2 N–H and O–H groups in total. The van der Waals surface area contributed by atoms with Crippen molar-refractivity contribution >= 4 is 41.6 Å².